The second-order valence-electron chi connectivity index (χ2n) is 5.87. The van der Waals surface area contributed by atoms with Gasteiger partial charge in [-0.15, -0.1) is 0 Å². The Kier molecular flexibility index (Phi) is 5.86. The molecule has 0 aromatic rings. The SMILES string of the molecule is C/C(=C\NC(=O)N1CCN(CCO)CC1)C1CCCC1. The van der Waals surface area contributed by atoms with E-state index in [1.807, 2.05) is 11.1 Å². The molecule has 20 heavy (non-hydrogen) atoms. The van der Waals surface area contributed by atoms with Gasteiger partial charge in [-0.2, -0.15) is 0 Å². The molecular formula is C15H27N3O2. The Morgan fingerprint density at radius 3 is 2.50 bits per heavy atom. The van der Waals surface area contributed by atoms with Gasteiger partial charge in [-0.05, 0) is 25.7 Å². The summed E-state index contributed by atoms with van der Waals surface area (Å²) in [5, 5.41) is 11.8. The van der Waals surface area contributed by atoms with Gasteiger partial charge in [0, 0.05) is 38.9 Å². The molecule has 0 aromatic heterocycles. The maximum atomic E-state index is 12.1. The van der Waals surface area contributed by atoms with E-state index in [1.165, 1.54) is 31.3 Å². The average Bonchev–Trinajstić information content (AvgIpc) is 3.00. The fraction of sp³-hybridized carbons (Fsp3) is 0.800. The van der Waals surface area contributed by atoms with Crippen molar-refractivity contribution < 1.29 is 9.90 Å². The van der Waals surface area contributed by atoms with Crippen molar-refractivity contribution in [3.8, 4) is 0 Å². The molecule has 1 aliphatic carbocycles. The van der Waals surface area contributed by atoms with Crippen LogP contribution in [-0.4, -0.2) is 60.3 Å². The Bertz CT molecular complexity index is 343. The zero-order chi connectivity index (χ0) is 14.4. The molecule has 1 aliphatic heterocycles. The van der Waals surface area contributed by atoms with Crippen molar-refractivity contribution >= 4 is 6.03 Å². The molecular weight excluding hydrogens is 254 g/mol. The molecule has 2 rings (SSSR count). The van der Waals surface area contributed by atoms with Crippen molar-refractivity contribution in [2.45, 2.75) is 32.6 Å². The first kappa shape index (κ1) is 15.3. The van der Waals surface area contributed by atoms with Gasteiger partial charge in [-0.1, -0.05) is 18.4 Å². The predicted octanol–water partition coefficient (Wildman–Crippen LogP) is 1.40. The van der Waals surface area contributed by atoms with Crippen LogP contribution in [0.2, 0.25) is 0 Å². The first-order valence-electron chi connectivity index (χ1n) is 7.76. The topological polar surface area (TPSA) is 55.8 Å². The molecule has 1 saturated carbocycles. The molecule has 2 fully saturated rings. The normalized spacial score (nSPS) is 22.3. The van der Waals surface area contributed by atoms with E-state index in [0.717, 1.165) is 26.2 Å². The Morgan fingerprint density at radius 2 is 1.90 bits per heavy atom. The molecule has 2 amide bonds. The number of urea groups is 1. The molecule has 0 radical (unpaired) electrons. The van der Waals surface area contributed by atoms with E-state index >= 15 is 0 Å². The van der Waals surface area contributed by atoms with Crippen molar-refractivity contribution in [3.05, 3.63) is 11.8 Å². The van der Waals surface area contributed by atoms with Crippen LogP contribution in [0.25, 0.3) is 0 Å². The van der Waals surface area contributed by atoms with Gasteiger partial charge in [0.1, 0.15) is 0 Å². The number of β-amino-alcohol motifs (C(OH)–C–C–N with tert-alkyl or cyclic N) is 1. The molecule has 1 heterocycles. The van der Waals surface area contributed by atoms with Gasteiger partial charge in [0.05, 0.1) is 6.61 Å². The van der Waals surface area contributed by atoms with Gasteiger partial charge in [0.2, 0.25) is 0 Å². The van der Waals surface area contributed by atoms with E-state index in [1.54, 1.807) is 0 Å². The lowest BCUT2D eigenvalue weighted by atomic mass is 10.0. The lowest BCUT2D eigenvalue weighted by Crippen LogP contribution is -2.51. The molecule has 5 heteroatoms. The minimum Gasteiger partial charge on any atom is -0.395 e. The Hall–Kier alpha value is -1.07. The quantitative estimate of drug-likeness (QED) is 0.819. The number of aliphatic hydroxyl groups is 1. The number of hydrogen-bond donors (Lipinski definition) is 2. The second kappa shape index (κ2) is 7.64. The van der Waals surface area contributed by atoms with Crippen molar-refractivity contribution in [2.75, 3.05) is 39.3 Å². The lowest BCUT2D eigenvalue weighted by Gasteiger charge is -2.34. The van der Waals surface area contributed by atoms with E-state index in [-0.39, 0.29) is 12.6 Å². The van der Waals surface area contributed by atoms with Crippen LogP contribution in [0.15, 0.2) is 11.8 Å². The van der Waals surface area contributed by atoms with Gasteiger partial charge >= 0.3 is 6.03 Å². The Morgan fingerprint density at radius 1 is 1.25 bits per heavy atom. The summed E-state index contributed by atoms with van der Waals surface area (Å²) in [5.41, 5.74) is 1.30. The zero-order valence-corrected chi connectivity index (χ0v) is 12.5. The van der Waals surface area contributed by atoms with Crippen LogP contribution in [-0.2, 0) is 0 Å². The van der Waals surface area contributed by atoms with E-state index in [4.69, 9.17) is 5.11 Å². The van der Waals surface area contributed by atoms with Crippen LogP contribution < -0.4 is 5.32 Å². The largest absolute Gasteiger partial charge is 0.395 e. The predicted molar refractivity (Wildman–Crippen MR) is 79.3 cm³/mol. The number of hydrogen-bond acceptors (Lipinski definition) is 3. The third-order valence-electron chi connectivity index (χ3n) is 4.50. The number of carbonyl (C=O) groups excluding carboxylic acids is 1. The van der Waals surface area contributed by atoms with Gasteiger partial charge in [0.25, 0.3) is 0 Å². The van der Waals surface area contributed by atoms with Gasteiger partial charge in [0.15, 0.2) is 0 Å². The maximum Gasteiger partial charge on any atom is 0.321 e. The smallest absolute Gasteiger partial charge is 0.321 e. The Labute approximate surface area is 121 Å². The standard InChI is InChI=1S/C15H27N3O2/c1-13(14-4-2-3-5-14)12-16-15(20)18-8-6-17(7-9-18)10-11-19/h12,14,19H,2-11H2,1H3,(H,16,20)/b13-12+. The highest BCUT2D eigenvalue weighted by molar-refractivity contribution is 5.75. The van der Waals surface area contributed by atoms with Crippen LogP contribution in [0, 0.1) is 5.92 Å². The van der Waals surface area contributed by atoms with E-state index < -0.39 is 0 Å². The number of nitrogens with zero attached hydrogens (tertiary/aromatic N) is 2. The maximum absolute atomic E-state index is 12.1. The van der Waals surface area contributed by atoms with Gasteiger partial charge in [-0.3, -0.25) is 4.90 Å². The van der Waals surface area contributed by atoms with E-state index in [2.05, 4.69) is 17.1 Å². The third kappa shape index (κ3) is 4.21. The molecule has 114 valence electrons. The third-order valence-corrected chi connectivity index (χ3v) is 4.50. The summed E-state index contributed by atoms with van der Waals surface area (Å²) in [6, 6.07) is 0.00555. The molecule has 1 saturated heterocycles. The summed E-state index contributed by atoms with van der Waals surface area (Å²) in [6.07, 6.45) is 7.06. The van der Waals surface area contributed by atoms with Crippen molar-refractivity contribution in [3.63, 3.8) is 0 Å². The number of carbonyl (C=O) groups is 1. The summed E-state index contributed by atoms with van der Waals surface area (Å²) in [4.78, 5) is 16.1. The van der Waals surface area contributed by atoms with Crippen LogP contribution >= 0.6 is 0 Å². The number of aliphatic hydroxyl groups excluding tert-OH is 1. The van der Waals surface area contributed by atoms with Gasteiger partial charge < -0.3 is 15.3 Å². The first-order chi connectivity index (χ1) is 9.70. The second-order valence-corrected chi connectivity index (χ2v) is 5.87. The number of allylic oxidation sites excluding steroid dienone is 1. The van der Waals surface area contributed by atoms with Crippen molar-refractivity contribution in [1.29, 1.82) is 0 Å². The fourth-order valence-electron chi connectivity index (χ4n) is 3.08. The number of nitrogens with one attached hydrogen (secondary N) is 1. The molecule has 2 N–H and O–H groups in total. The summed E-state index contributed by atoms with van der Waals surface area (Å²) in [6.45, 7) is 6.18. The average molecular weight is 281 g/mol. The molecule has 0 unspecified atom stereocenters. The monoisotopic (exact) mass is 281 g/mol. The Balaban J connectivity index is 1.73. The molecule has 2 aliphatic rings. The van der Waals surface area contributed by atoms with Gasteiger partial charge in [-0.25, -0.2) is 4.79 Å². The summed E-state index contributed by atoms with van der Waals surface area (Å²) in [5.74, 6) is 0.664. The van der Waals surface area contributed by atoms with Crippen LogP contribution in [0.5, 0.6) is 0 Å². The number of amides is 2. The highest BCUT2D eigenvalue weighted by atomic mass is 16.3. The highest BCUT2D eigenvalue weighted by Crippen LogP contribution is 2.30. The van der Waals surface area contributed by atoms with Crippen molar-refractivity contribution in [2.24, 2.45) is 5.92 Å². The minimum absolute atomic E-state index is 0.00555. The lowest BCUT2D eigenvalue weighted by molar-refractivity contribution is 0.123. The van der Waals surface area contributed by atoms with E-state index in [0.29, 0.717) is 12.5 Å². The highest BCUT2D eigenvalue weighted by Gasteiger charge is 2.21. The summed E-state index contributed by atoms with van der Waals surface area (Å²) in [7, 11) is 0. The summed E-state index contributed by atoms with van der Waals surface area (Å²) >= 11 is 0. The molecule has 0 spiro atoms. The zero-order valence-electron chi connectivity index (χ0n) is 12.5. The fourth-order valence-corrected chi connectivity index (χ4v) is 3.08. The molecule has 5 nitrogen and oxygen atoms in total. The molecule has 0 aromatic carbocycles. The molecule has 0 atom stereocenters. The van der Waals surface area contributed by atoms with Crippen LogP contribution in [0.4, 0.5) is 4.79 Å². The number of piperazine rings is 1. The molecule has 0 bridgehead atoms. The van der Waals surface area contributed by atoms with Crippen LogP contribution in [0.1, 0.15) is 32.6 Å². The summed E-state index contributed by atoms with van der Waals surface area (Å²) < 4.78 is 0. The van der Waals surface area contributed by atoms with Crippen LogP contribution in [0.3, 0.4) is 0 Å². The first-order valence-corrected chi connectivity index (χ1v) is 7.76. The van der Waals surface area contributed by atoms with E-state index in [9.17, 15) is 4.79 Å². The minimum atomic E-state index is 0.00555. The van der Waals surface area contributed by atoms with Crippen molar-refractivity contribution in [1.82, 2.24) is 15.1 Å². The number of rotatable bonds is 4.